The van der Waals surface area contributed by atoms with Crippen LogP contribution in [0.15, 0.2) is 36.9 Å². The lowest BCUT2D eigenvalue weighted by Gasteiger charge is -2.04. The molecule has 0 bridgehead atoms. The van der Waals surface area contributed by atoms with Gasteiger partial charge in [-0.2, -0.15) is 13.2 Å². The average Bonchev–Trinajstić information content (AvgIpc) is 3.05. The molecular formula is C13H11F3N4S. The summed E-state index contributed by atoms with van der Waals surface area (Å²) < 4.78 is 40.5. The third kappa shape index (κ3) is 3.15. The van der Waals surface area contributed by atoms with Crippen LogP contribution < -0.4 is 5.32 Å². The molecule has 0 atom stereocenters. The van der Waals surface area contributed by atoms with E-state index in [0.29, 0.717) is 23.7 Å². The number of benzene rings is 1. The van der Waals surface area contributed by atoms with E-state index >= 15 is 0 Å². The smallest absolute Gasteiger partial charge is 0.360 e. The first-order valence-electron chi connectivity index (χ1n) is 6.20. The highest BCUT2D eigenvalue weighted by Gasteiger charge is 2.30. The van der Waals surface area contributed by atoms with Crippen molar-refractivity contribution < 1.29 is 13.2 Å². The van der Waals surface area contributed by atoms with Gasteiger partial charge in [-0.05, 0) is 18.2 Å². The third-order valence-electron chi connectivity index (χ3n) is 2.92. The highest BCUT2D eigenvalue weighted by molar-refractivity contribution is 7.22. The normalized spacial score (nSPS) is 12.0. The number of hydrogen-bond donors (Lipinski definition) is 1. The van der Waals surface area contributed by atoms with E-state index < -0.39 is 11.7 Å². The number of fused-ring (bicyclic) bond motifs is 1. The molecule has 2 heterocycles. The number of aromatic nitrogens is 3. The van der Waals surface area contributed by atoms with Crippen LogP contribution in [0.5, 0.6) is 0 Å². The monoisotopic (exact) mass is 312 g/mol. The first-order chi connectivity index (χ1) is 10.0. The number of nitrogens with one attached hydrogen (secondary N) is 1. The van der Waals surface area contributed by atoms with Crippen LogP contribution in [0, 0.1) is 0 Å². The summed E-state index contributed by atoms with van der Waals surface area (Å²) in [7, 11) is 0. The van der Waals surface area contributed by atoms with E-state index in [9.17, 15) is 13.2 Å². The molecule has 0 saturated carbocycles. The summed E-state index contributed by atoms with van der Waals surface area (Å²) in [6.45, 7) is 1.34. The fraction of sp³-hybridized carbons (Fsp3) is 0.231. The second-order valence-electron chi connectivity index (χ2n) is 4.43. The lowest BCUT2D eigenvalue weighted by molar-refractivity contribution is -0.137. The van der Waals surface area contributed by atoms with E-state index in [4.69, 9.17) is 0 Å². The average molecular weight is 312 g/mol. The molecule has 1 N–H and O–H groups in total. The van der Waals surface area contributed by atoms with E-state index in [1.54, 1.807) is 12.5 Å². The molecule has 8 heteroatoms. The Kier molecular flexibility index (Phi) is 3.54. The standard InChI is InChI=1S/C13H11F3N4S/c14-13(15,16)9-1-2-11-10(7-9)19-12(21-11)18-4-6-20-5-3-17-8-20/h1-3,5,7-8H,4,6H2,(H,18,19). The number of halogens is 3. The van der Waals surface area contributed by atoms with Gasteiger partial charge in [0.05, 0.1) is 22.1 Å². The van der Waals surface area contributed by atoms with Crippen LogP contribution in [0.3, 0.4) is 0 Å². The van der Waals surface area contributed by atoms with Gasteiger partial charge in [-0.25, -0.2) is 9.97 Å². The molecule has 2 aromatic heterocycles. The molecule has 110 valence electrons. The Morgan fingerprint density at radius 1 is 1.29 bits per heavy atom. The minimum Gasteiger partial charge on any atom is -0.360 e. The van der Waals surface area contributed by atoms with Crippen LogP contribution in [0.4, 0.5) is 18.3 Å². The lowest BCUT2D eigenvalue weighted by Crippen LogP contribution is -2.08. The largest absolute Gasteiger partial charge is 0.416 e. The van der Waals surface area contributed by atoms with Gasteiger partial charge in [0, 0.05) is 25.5 Å². The number of rotatable bonds is 4. The van der Waals surface area contributed by atoms with Crippen molar-refractivity contribution in [2.75, 3.05) is 11.9 Å². The van der Waals surface area contributed by atoms with Gasteiger partial charge in [0.15, 0.2) is 5.13 Å². The van der Waals surface area contributed by atoms with Crippen LogP contribution in [0.1, 0.15) is 5.56 Å². The Balaban J connectivity index is 1.72. The fourth-order valence-electron chi connectivity index (χ4n) is 1.89. The molecule has 0 aliphatic heterocycles. The van der Waals surface area contributed by atoms with Crippen LogP contribution in [0.2, 0.25) is 0 Å². The fourth-order valence-corrected chi connectivity index (χ4v) is 2.76. The minimum atomic E-state index is -4.34. The van der Waals surface area contributed by atoms with E-state index in [-0.39, 0.29) is 0 Å². The van der Waals surface area contributed by atoms with E-state index in [1.165, 1.54) is 17.4 Å². The lowest BCUT2D eigenvalue weighted by atomic mass is 10.2. The molecule has 4 nitrogen and oxygen atoms in total. The second-order valence-corrected chi connectivity index (χ2v) is 5.46. The molecule has 0 fully saturated rings. The first kappa shape index (κ1) is 13.9. The number of imidazole rings is 1. The zero-order valence-electron chi connectivity index (χ0n) is 10.8. The van der Waals surface area contributed by atoms with Gasteiger partial charge in [-0.15, -0.1) is 0 Å². The molecule has 21 heavy (non-hydrogen) atoms. The number of anilines is 1. The summed E-state index contributed by atoms with van der Waals surface area (Å²) in [5.74, 6) is 0. The van der Waals surface area contributed by atoms with Gasteiger partial charge in [-0.1, -0.05) is 11.3 Å². The zero-order valence-corrected chi connectivity index (χ0v) is 11.6. The Morgan fingerprint density at radius 2 is 2.14 bits per heavy atom. The molecule has 0 saturated heterocycles. The van der Waals surface area contributed by atoms with E-state index in [0.717, 1.165) is 16.8 Å². The number of nitrogens with zero attached hydrogens (tertiary/aromatic N) is 3. The summed E-state index contributed by atoms with van der Waals surface area (Å²) in [5, 5.41) is 3.72. The van der Waals surface area contributed by atoms with Crippen molar-refractivity contribution in [3.05, 3.63) is 42.5 Å². The van der Waals surface area contributed by atoms with Crippen molar-refractivity contribution >= 4 is 26.7 Å². The van der Waals surface area contributed by atoms with Gasteiger partial charge in [0.2, 0.25) is 0 Å². The van der Waals surface area contributed by atoms with Gasteiger partial charge in [-0.3, -0.25) is 0 Å². The van der Waals surface area contributed by atoms with Crippen molar-refractivity contribution in [2.24, 2.45) is 0 Å². The van der Waals surface area contributed by atoms with Gasteiger partial charge in [0.25, 0.3) is 0 Å². The molecule has 3 rings (SSSR count). The Bertz CT molecular complexity index is 734. The van der Waals surface area contributed by atoms with Crippen molar-refractivity contribution in [2.45, 2.75) is 12.7 Å². The SMILES string of the molecule is FC(F)(F)c1ccc2sc(NCCn3ccnc3)nc2c1. The highest BCUT2D eigenvalue weighted by Crippen LogP contribution is 2.33. The third-order valence-corrected chi connectivity index (χ3v) is 3.91. The van der Waals surface area contributed by atoms with Crippen molar-refractivity contribution in [1.29, 1.82) is 0 Å². The van der Waals surface area contributed by atoms with E-state index in [1.807, 2.05) is 10.8 Å². The maximum Gasteiger partial charge on any atom is 0.416 e. The zero-order chi connectivity index (χ0) is 14.9. The number of alkyl halides is 3. The minimum absolute atomic E-state index is 0.361. The predicted molar refractivity (Wildman–Crippen MR) is 75.3 cm³/mol. The summed E-state index contributed by atoms with van der Waals surface area (Å²) in [6.07, 6.45) is 0.897. The number of hydrogen-bond acceptors (Lipinski definition) is 4. The van der Waals surface area contributed by atoms with Crippen molar-refractivity contribution in [3.63, 3.8) is 0 Å². The summed E-state index contributed by atoms with van der Waals surface area (Å²) in [4.78, 5) is 8.12. The van der Waals surface area contributed by atoms with Crippen LogP contribution >= 0.6 is 11.3 Å². The van der Waals surface area contributed by atoms with Crippen molar-refractivity contribution in [3.8, 4) is 0 Å². The maximum atomic E-state index is 12.6. The molecule has 1 aromatic carbocycles. The highest BCUT2D eigenvalue weighted by atomic mass is 32.1. The predicted octanol–water partition coefficient (Wildman–Crippen LogP) is 3.62. The molecule has 0 amide bonds. The second kappa shape index (κ2) is 5.36. The summed E-state index contributed by atoms with van der Waals surface area (Å²) >= 11 is 1.34. The van der Waals surface area contributed by atoms with E-state index in [2.05, 4.69) is 15.3 Å². The molecule has 0 aliphatic rings. The van der Waals surface area contributed by atoms with Crippen LogP contribution in [0.25, 0.3) is 10.2 Å². The number of thiazole rings is 1. The van der Waals surface area contributed by atoms with Gasteiger partial charge >= 0.3 is 6.18 Å². The Hall–Kier alpha value is -2.09. The van der Waals surface area contributed by atoms with Gasteiger partial charge < -0.3 is 9.88 Å². The maximum absolute atomic E-state index is 12.6. The summed E-state index contributed by atoms with van der Waals surface area (Å²) in [5.41, 5.74) is -0.315. The Morgan fingerprint density at radius 3 is 2.86 bits per heavy atom. The molecule has 0 unspecified atom stereocenters. The summed E-state index contributed by atoms with van der Waals surface area (Å²) in [6, 6.07) is 3.61. The topological polar surface area (TPSA) is 42.7 Å². The molecule has 0 radical (unpaired) electrons. The molecule has 3 aromatic rings. The molecular weight excluding hydrogens is 301 g/mol. The quantitative estimate of drug-likeness (QED) is 0.800. The first-order valence-corrected chi connectivity index (χ1v) is 7.01. The van der Waals surface area contributed by atoms with Crippen LogP contribution in [-0.2, 0) is 12.7 Å². The molecule has 0 aliphatic carbocycles. The van der Waals surface area contributed by atoms with Crippen molar-refractivity contribution in [1.82, 2.24) is 14.5 Å². The molecule has 0 spiro atoms. The Labute approximate surface area is 122 Å². The van der Waals surface area contributed by atoms with Gasteiger partial charge in [0.1, 0.15) is 0 Å². The van der Waals surface area contributed by atoms with Crippen LogP contribution in [-0.4, -0.2) is 21.1 Å².